The highest BCUT2D eigenvalue weighted by molar-refractivity contribution is 7.78. The van der Waals surface area contributed by atoms with E-state index in [2.05, 4.69) is 0 Å². The summed E-state index contributed by atoms with van der Waals surface area (Å²) in [6, 6.07) is 13.5. The summed E-state index contributed by atoms with van der Waals surface area (Å²) < 4.78 is 20.0. The van der Waals surface area contributed by atoms with E-state index in [1.54, 1.807) is 6.92 Å². The van der Waals surface area contributed by atoms with Crippen LogP contribution in [-0.4, -0.2) is 17.2 Å². The summed E-state index contributed by atoms with van der Waals surface area (Å²) in [6.45, 7) is 7.46. The van der Waals surface area contributed by atoms with Crippen molar-refractivity contribution in [2.45, 2.75) is 71.9 Å². The molecule has 0 spiro atoms. The summed E-state index contributed by atoms with van der Waals surface area (Å²) in [5, 5.41) is 0. The van der Waals surface area contributed by atoms with Crippen LogP contribution < -0.4 is 0 Å². The lowest BCUT2D eigenvalue weighted by atomic mass is 10.0. The summed E-state index contributed by atoms with van der Waals surface area (Å²) >= 11 is 0. The van der Waals surface area contributed by atoms with Gasteiger partial charge in [-0.05, 0) is 56.7 Å². The molecule has 2 aromatic carbocycles. The van der Waals surface area contributed by atoms with Gasteiger partial charge in [0.15, 0.2) is 0 Å². The van der Waals surface area contributed by atoms with Crippen LogP contribution in [-0.2, 0) is 20.3 Å². The van der Waals surface area contributed by atoms with E-state index < -0.39 is 24.8 Å². The van der Waals surface area contributed by atoms with E-state index in [0.29, 0.717) is 24.8 Å². The molecule has 0 amide bonds. The van der Waals surface area contributed by atoms with Gasteiger partial charge in [0.25, 0.3) is 5.52 Å². The van der Waals surface area contributed by atoms with Crippen LogP contribution in [0.15, 0.2) is 42.5 Å². The molecular weight excluding hydrogens is 407 g/mol. The summed E-state index contributed by atoms with van der Waals surface area (Å²) in [7, 11) is -3.88. The molecule has 1 saturated carbocycles. The van der Waals surface area contributed by atoms with Gasteiger partial charge >= 0.3 is 13.3 Å². The SMILES string of the molecule is Cc1cc(C)c(C(=O)P(=O)(OC(=O)C(C)Cc2ccccc2)C2CCCCC2)c(C)c1. The van der Waals surface area contributed by atoms with Crippen molar-refractivity contribution in [2.75, 3.05) is 0 Å². The van der Waals surface area contributed by atoms with Crippen molar-refractivity contribution in [3.63, 3.8) is 0 Å². The van der Waals surface area contributed by atoms with Gasteiger partial charge in [-0.3, -0.25) is 14.2 Å². The Bertz CT molecular complexity index is 967. The Labute approximate surface area is 185 Å². The van der Waals surface area contributed by atoms with Crippen molar-refractivity contribution >= 4 is 18.9 Å². The zero-order chi connectivity index (χ0) is 22.6. The maximum atomic E-state index is 14.2. The minimum absolute atomic E-state index is 0.387. The summed E-state index contributed by atoms with van der Waals surface area (Å²) in [5.74, 6) is -1.03. The zero-order valence-corrected chi connectivity index (χ0v) is 19.9. The van der Waals surface area contributed by atoms with E-state index >= 15 is 0 Å². The van der Waals surface area contributed by atoms with Crippen molar-refractivity contribution in [2.24, 2.45) is 5.92 Å². The lowest BCUT2D eigenvalue weighted by Crippen LogP contribution is -2.26. The fraction of sp³-hybridized carbons (Fsp3) is 0.462. The molecule has 31 heavy (non-hydrogen) atoms. The van der Waals surface area contributed by atoms with E-state index in [1.165, 1.54) is 0 Å². The average molecular weight is 441 g/mol. The van der Waals surface area contributed by atoms with E-state index in [9.17, 15) is 14.2 Å². The zero-order valence-electron chi connectivity index (χ0n) is 19.0. The van der Waals surface area contributed by atoms with Crippen LogP contribution in [0.3, 0.4) is 0 Å². The molecular formula is C26H33O4P. The lowest BCUT2D eigenvalue weighted by Gasteiger charge is -2.30. The van der Waals surface area contributed by atoms with E-state index in [1.807, 2.05) is 63.2 Å². The van der Waals surface area contributed by atoms with Crippen molar-refractivity contribution in [1.29, 1.82) is 0 Å². The maximum absolute atomic E-state index is 14.2. The lowest BCUT2D eigenvalue weighted by molar-refractivity contribution is -0.138. The first kappa shape index (κ1) is 23.5. The molecule has 0 heterocycles. The van der Waals surface area contributed by atoms with Crippen LogP contribution in [0.4, 0.5) is 0 Å². The number of hydrogen-bond donors (Lipinski definition) is 0. The van der Waals surface area contributed by atoms with Crippen LogP contribution in [0.25, 0.3) is 0 Å². The monoisotopic (exact) mass is 440 g/mol. The first-order chi connectivity index (χ1) is 14.7. The topological polar surface area (TPSA) is 60.4 Å². The molecule has 166 valence electrons. The van der Waals surface area contributed by atoms with Gasteiger partial charge in [0, 0.05) is 5.56 Å². The minimum Gasteiger partial charge on any atom is -0.405 e. The highest BCUT2D eigenvalue weighted by Crippen LogP contribution is 2.59. The van der Waals surface area contributed by atoms with E-state index in [-0.39, 0.29) is 5.66 Å². The fourth-order valence-corrected chi connectivity index (χ4v) is 7.37. The van der Waals surface area contributed by atoms with Crippen LogP contribution >= 0.6 is 7.37 Å². The van der Waals surface area contributed by atoms with Crippen LogP contribution in [0.1, 0.15) is 71.6 Å². The number of carbonyl (C=O) groups is 2. The molecule has 0 N–H and O–H groups in total. The minimum atomic E-state index is -3.88. The molecule has 1 aliphatic rings. The molecule has 5 heteroatoms. The summed E-state index contributed by atoms with van der Waals surface area (Å²) in [4.78, 5) is 26.7. The molecule has 2 unspecified atom stereocenters. The Hall–Kier alpha value is -2.19. The average Bonchev–Trinajstić information content (AvgIpc) is 2.74. The predicted octanol–water partition coefficient (Wildman–Crippen LogP) is 6.78. The highest BCUT2D eigenvalue weighted by Gasteiger charge is 2.46. The second-order valence-corrected chi connectivity index (χ2v) is 11.5. The maximum Gasteiger partial charge on any atom is 0.321 e. The normalized spacial score (nSPS) is 17.5. The third-order valence-electron chi connectivity index (χ3n) is 6.24. The van der Waals surface area contributed by atoms with Crippen molar-refractivity contribution in [1.82, 2.24) is 0 Å². The Morgan fingerprint density at radius 3 is 2.16 bits per heavy atom. The van der Waals surface area contributed by atoms with Crippen molar-refractivity contribution < 1.29 is 18.7 Å². The van der Waals surface area contributed by atoms with Gasteiger partial charge in [0.2, 0.25) is 0 Å². The number of aryl methyl sites for hydroxylation is 3. The van der Waals surface area contributed by atoms with Crippen molar-refractivity contribution in [3.8, 4) is 0 Å². The molecule has 0 radical (unpaired) electrons. The smallest absolute Gasteiger partial charge is 0.321 e. The molecule has 0 saturated heterocycles. The van der Waals surface area contributed by atoms with Gasteiger partial charge in [0.1, 0.15) is 0 Å². The fourth-order valence-electron chi connectivity index (χ4n) is 4.65. The van der Waals surface area contributed by atoms with Crippen LogP contribution in [0.5, 0.6) is 0 Å². The van der Waals surface area contributed by atoms with Crippen LogP contribution in [0.2, 0.25) is 0 Å². The summed E-state index contributed by atoms with van der Waals surface area (Å²) in [6.07, 6.45) is 4.68. The predicted molar refractivity (Wildman–Crippen MR) is 125 cm³/mol. The van der Waals surface area contributed by atoms with Gasteiger partial charge in [-0.2, -0.15) is 0 Å². The molecule has 2 aromatic rings. The highest BCUT2D eigenvalue weighted by atomic mass is 31.2. The second-order valence-electron chi connectivity index (χ2n) is 8.97. The number of carbonyl (C=O) groups excluding carboxylic acids is 2. The largest absolute Gasteiger partial charge is 0.405 e. The Kier molecular flexibility index (Phi) is 7.54. The first-order valence-corrected chi connectivity index (χ1v) is 12.9. The molecule has 0 aliphatic heterocycles. The van der Waals surface area contributed by atoms with Gasteiger partial charge in [0.05, 0.1) is 11.6 Å². The summed E-state index contributed by atoms with van der Waals surface area (Å²) in [5.41, 5.74) is 3.20. The van der Waals surface area contributed by atoms with Gasteiger partial charge in [-0.25, -0.2) is 0 Å². The molecule has 1 aliphatic carbocycles. The third-order valence-corrected chi connectivity index (χ3v) is 8.96. The Morgan fingerprint density at radius 2 is 1.58 bits per heavy atom. The second kappa shape index (κ2) is 9.96. The van der Waals surface area contributed by atoms with Gasteiger partial charge < -0.3 is 4.52 Å². The molecule has 3 rings (SSSR count). The van der Waals surface area contributed by atoms with E-state index in [4.69, 9.17) is 4.52 Å². The van der Waals surface area contributed by atoms with Gasteiger partial charge in [-0.1, -0.05) is 74.2 Å². The molecule has 2 atom stereocenters. The molecule has 0 aromatic heterocycles. The third kappa shape index (κ3) is 5.36. The molecule has 1 fully saturated rings. The Morgan fingerprint density at radius 1 is 1.00 bits per heavy atom. The Balaban J connectivity index is 1.91. The van der Waals surface area contributed by atoms with Gasteiger partial charge in [-0.15, -0.1) is 0 Å². The first-order valence-electron chi connectivity index (χ1n) is 11.2. The van der Waals surface area contributed by atoms with Crippen LogP contribution in [0, 0.1) is 26.7 Å². The van der Waals surface area contributed by atoms with Crippen molar-refractivity contribution in [3.05, 3.63) is 70.3 Å². The quantitative estimate of drug-likeness (QED) is 0.445. The number of hydrogen-bond acceptors (Lipinski definition) is 4. The van der Waals surface area contributed by atoms with E-state index in [0.717, 1.165) is 41.5 Å². The number of benzene rings is 2. The molecule has 0 bridgehead atoms. The number of rotatable bonds is 7. The molecule has 4 nitrogen and oxygen atoms in total. The standard InChI is InChI=1S/C26H33O4P/c1-18-15-19(2)24(20(3)16-18)26(28)31(29,23-13-9-6-10-14-23)30-25(27)21(4)17-22-11-7-5-8-12-22/h5,7-8,11-12,15-16,21,23H,6,9-10,13-14,17H2,1-4H3.